The van der Waals surface area contributed by atoms with Gasteiger partial charge in [-0.25, -0.2) is 0 Å². The van der Waals surface area contributed by atoms with E-state index in [1.807, 2.05) is 6.07 Å². The van der Waals surface area contributed by atoms with Gasteiger partial charge in [-0.2, -0.15) is 0 Å². The van der Waals surface area contributed by atoms with E-state index in [9.17, 15) is 10.1 Å². The van der Waals surface area contributed by atoms with Gasteiger partial charge < -0.3 is 4.98 Å². The normalized spacial score (nSPS) is 16.4. The number of fused-ring (bicyclic) bond motifs is 1. The van der Waals surface area contributed by atoms with Gasteiger partial charge in [0.05, 0.1) is 4.92 Å². The molecule has 0 aliphatic carbocycles. The molecular formula is C16H19N3O2. The lowest BCUT2D eigenvalue weighted by molar-refractivity contribution is -0.384. The van der Waals surface area contributed by atoms with Crippen LogP contribution in [0.5, 0.6) is 0 Å². The molecule has 0 fully saturated rings. The molecule has 2 aromatic rings. The Bertz CT molecular complexity index is 715. The Hall–Kier alpha value is -2.14. The van der Waals surface area contributed by atoms with Gasteiger partial charge in [-0.3, -0.25) is 15.0 Å². The number of benzene rings is 1. The predicted octanol–water partition coefficient (Wildman–Crippen LogP) is 3.57. The van der Waals surface area contributed by atoms with Gasteiger partial charge in [0.1, 0.15) is 0 Å². The van der Waals surface area contributed by atoms with Gasteiger partial charge in [0.15, 0.2) is 0 Å². The molecule has 110 valence electrons. The van der Waals surface area contributed by atoms with Gasteiger partial charge in [0.2, 0.25) is 0 Å². The molecule has 0 unspecified atom stereocenters. The molecule has 0 bridgehead atoms. The number of nitrogens with zero attached hydrogens (tertiary/aromatic N) is 2. The van der Waals surface area contributed by atoms with Gasteiger partial charge in [-0.1, -0.05) is 6.08 Å². The van der Waals surface area contributed by atoms with Gasteiger partial charge in [0.25, 0.3) is 5.69 Å². The van der Waals surface area contributed by atoms with Gasteiger partial charge in [-0.15, -0.1) is 0 Å². The van der Waals surface area contributed by atoms with Crippen molar-refractivity contribution in [3.8, 4) is 0 Å². The first-order valence-electron chi connectivity index (χ1n) is 7.25. The number of H-pyrrole nitrogens is 1. The highest BCUT2D eigenvalue weighted by Crippen LogP contribution is 2.28. The maximum Gasteiger partial charge on any atom is 0.270 e. The van der Waals surface area contributed by atoms with Crippen molar-refractivity contribution >= 4 is 22.2 Å². The van der Waals surface area contributed by atoms with E-state index in [4.69, 9.17) is 0 Å². The second kappa shape index (κ2) is 5.33. The largest absolute Gasteiger partial charge is 0.355 e. The maximum absolute atomic E-state index is 10.8. The summed E-state index contributed by atoms with van der Waals surface area (Å²) in [7, 11) is 0. The molecular weight excluding hydrogens is 266 g/mol. The third kappa shape index (κ3) is 2.69. The Labute approximate surface area is 123 Å². The minimum Gasteiger partial charge on any atom is -0.355 e. The Morgan fingerprint density at radius 2 is 2.14 bits per heavy atom. The smallest absolute Gasteiger partial charge is 0.270 e. The van der Waals surface area contributed by atoms with Crippen molar-refractivity contribution in [3.05, 3.63) is 46.1 Å². The Morgan fingerprint density at radius 3 is 2.76 bits per heavy atom. The van der Waals surface area contributed by atoms with Crippen molar-refractivity contribution in [3.63, 3.8) is 0 Å². The van der Waals surface area contributed by atoms with E-state index in [2.05, 4.69) is 29.8 Å². The Kier molecular flexibility index (Phi) is 3.51. The van der Waals surface area contributed by atoms with E-state index in [1.165, 1.54) is 5.57 Å². The first-order valence-corrected chi connectivity index (χ1v) is 7.25. The topological polar surface area (TPSA) is 62.2 Å². The Morgan fingerprint density at radius 1 is 1.33 bits per heavy atom. The van der Waals surface area contributed by atoms with Crippen LogP contribution < -0.4 is 0 Å². The summed E-state index contributed by atoms with van der Waals surface area (Å²) in [6, 6.07) is 7.52. The number of nitro groups is 1. The van der Waals surface area contributed by atoms with E-state index >= 15 is 0 Å². The third-order valence-corrected chi connectivity index (χ3v) is 4.13. The molecule has 21 heavy (non-hydrogen) atoms. The van der Waals surface area contributed by atoms with Crippen molar-refractivity contribution < 1.29 is 4.92 Å². The van der Waals surface area contributed by atoms with Crippen LogP contribution >= 0.6 is 0 Å². The van der Waals surface area contributed by atoms with Crippen LogP contribution in [-0.4, -0.2) is 33.9 Å². The number of rotatable bonds is 3. The van der Waals surface area contributed by atoms with Crippen LogP contribution in [0, 0.1) is 10.1 Å². The summed E-state index contributed by atoms with van der Waals surface area (Å²) < 4.78 is 0. The fourth-order valence-electron chi connectivity index (χ4n) is 2.81. The summed E-state index contributed by atoms with van der Waals surface area (Å²) in [5.41, 5.74) is 3.46. The van der Waals surface area contributed by atoms with Crippen LogP contribution in [0.25, 0.3) is 16.5 Å². The summed E-state index contributed by atoms with van der Waals surface area (Å²) >= 11 is 0. The molecule has 5 heteroatoms. The molecule has 1 N–H and O–H groups in total. The molecule has 0 amide bonds. The fraction of sp³-hybridized carbons (Fsp3) is 0.375. The summed E-state index contributed by atoms with van der Waals surface area (Å²) in [6.45, 7) is 6.43. The lowest BCUT2D eigenvalue weighted by atomic mass is 10.0. The Balaban J connectivity index is 1.90. The highest BCUT2D eigenvalue weighted by Gasteiger charge is 2.17. The fourth-order valence-corrected chi connectivity index (χ4v) is 2.81. The monoisotopic (exact) mass is 285 g/mol. The van der Waals surface area contributed by atoms with Crippen LogP contribution in [0.2, 0.25) is 0 Å². The van der Waals surface area contributed by atoms with E-state index in [0.29, 0.717) is 6.04 Å². The van der Waals surface area contributed by atoms with Crippen LogP contribution in [0.4, 0.5) is 5.69 Å². The quantitative estimate of drug-likeness (QED) is 0.692. The minimum absolute atomic E-state index is 0.136. The molecule has 1 aliphatic rings. The molecule has 1 aliphatic heterocycles. The molecule has 0 saturated heterocycles. The van der Waals surface area contributed by atoms with E-state index in [1.54, 1.807) is 18.2 Å². The predicted molar refractivity (Wildman–Crippen MR) is 84.3 cm³/mol. The highest BCUT2D eigenvalue weighted by atomic mass is 16.6. The van der Waals surface area contributed by atoms with Crippen molar-refractivity contribution in [1.82, 2.24) is 9.88 Å². The zero-order valence-electron chi connectivity index (χ0n) is 12.3. The number of nitrogens with one attached hydrogen (secondary N) is 1. The number of hydrogen-bond acceptors (Lipinski definition) is 3. The van der Waals surface area contributed by atoms with Gasteiger partial charge >= 0.3 is 0 Å². The second-order valence-corrected chi connectivity index (χ2v) is 5.78. The summed E-state index contributed by atoms with van der Waals surface area (Å²) in [5.74, 6) is 0. The second-order valence-electron chi connectivity index (χ2n) is 5.78. The van der Waals surface area contributed by atoms with Gasteiger partial charge in [-0.05, 0) is 38.0 Å². The first kappa shape index (κ1) is 13.8. The number of non-ortho nitro benzene ring substituents is 1. The lowest BCUT2D eigenvalue weighted by Crippen LogP contribution is -2.34. The summed E-state index contributed by atoms with van der Waals surface area (Å²) in [5, 5.41) is 11.7. The minimum atomic E-state index is -0.355. The molecule has 1 aromatic heterocycles. The molecule has 2 heterocycles. The highest BCUT2D eigenvalue weighted by molar-refractivity contribution is 5.86. The number of aromatic amines is 1. The molecule has 0 spiro atoms. The lowest BCUT2D eigenvalue weighted by Gasteiger charge is -2.29. The summed E-state index contributed by atoms with van der Waals surface area (Å²) in [4.78, 5) is 16.3. The maximum atomic E-state index is 10.8. The van der Waals surface area contributed by atoms with E-state index < -0.39 is 0 Å². The summed E-state index contributed by atoms with van der Waals surface area (Å²) in [6.07, 6.45) is 3.26. The van der Waals surface area contributed by atoms with Gasteiger partial charge in [0, 0.05) is 47.9 Å². The van der Waals surface area contributed by atoms with Crippen molar-refractivity contribution in [2.24, 2.45) is 0 Å². The van der Waals surface area contributed by atoms with Crippen LogP contribution in [0.15, 0.2) is 30.3 Å². The van der Waals surface area contributed by atoms with Crippen molar-refractivity contribution in [2.75, 3.05) is 13.1 Å². The SMILES string of the molecule is CC(C)N1CC=C(c2cc3cc([N+](=O)[O-])ccc3[nH]2)CC1. The number of nitro benzene ring substituents is 1. The molecule has 0 atom stereocenters. The number of aromatic nitrogens is 1. The molecule has 3 rings (SSSR count). The first-order chi connectivity index (χ1) is 10.0. The van der Waals surface area contributed by atoms with E-state index in [0.717, 1.165) is 36.1 Å². The van der Waals surface area contributed by atoms with Crippen LogP contribution in [-0.2, 0) is 0 Å². The molecule has 0 radical (unpaired) electrons. The zero-order chi connectivity index (χ0) is 15.0. The standard InChI is InChI=1S/C16H19N3O2/c1-11(2)18-7-5-12(6-8-18)16-10-13-9-14(19(20)21)3-4-15(13)17-16/h3-5,9-11,17H,6-8H2,1-2H3. The third-order valence-electron chi connectivity index (χ3n) is 4.13. The van der Waals surface area contributed by atoms with Crippen LogP contribution in [0.3, 0.4) is 0 Å². The zero-order valence-corrected chi connectivity index (χ0v) is 12.3. The average molecular weight is 285 g/mol. The molecule has 0 saturated carbocycles. The number of hydrogen-bond donors (Lipinski definition) is 1. The van der Waals surface area contributed by atoms with Crippen molar-refractivity contribution in [1.29, 1.82) is 0 Å². The van der Waals surface area contributed by atoms with Crippen molar-refractivity contribution in [2.45, 2.75) is 26.3 Å². The molecule has 5 nitrogen and oxygen atoms in total. The van der Waals surface area contributed by atoms with E-state index in [-0.39, 0.29) is 10.6 Å². The average Bonchev–Trinajstić information content (AvgIpc) is 2.90. The van der Waals surface area contributed by atoms with Crippen LogP contribution in [0.1, 0.15) is 26.0 Å². The molecule has 1 aromatic carbocycles.